The Balaban J connectivity index is 2.07. The van der Waals surface area contributed by atoms with Crippen molar-refractivity contribution in [3.05, 3.63) is 41.5 Å². The fraction of sp³-hybridized carbons (Fsp3) is 0.308. The minimum Gasteiger partial charge on any atom is -0.481 e. The molecule has 0 bridgehead atoms. The summed E-state index contributed by atoms with van der Waals surface area (Å²) >= 11 is 0. The molecule has 1 aromatic rings. The number of carbonyl (C=O) groups is 1. The second-order valence-corrected chi connectivity index (χ2v) is 4.09. The van der Waals surface area contributed by atoms with Crippen LogP contribution in [0.2, 0.25) is 0 Å². The van der Waals surface area contributed by atoms with Crippen LogP contribution in [0.15, 0.2) is 35.9 Å². The maximum absolute atomic E-state index is 10.7. The first kappa shape index (κ1) is 9.97. The Kier molecular flexibility index (Phi) is 2.58. The minimum absolute atomic E-state index is 0.148. The van der Waals surface area contributed by atoms with Crippen LogP contribution in [0.4, 0.5) is 0 Å². The third kappa shape index (κ3) is 2.27. The summed E-state index contributed by atoms with van der Waals surface area (Å²) in [6.45, 7) is 2.01. The molecule has 0 aromatic heterocycles. The van der Waals surface area contributed by atoms with E-state index in [1.165, 1.54) is 5.57 Å². The maximum Gasteiger partial charge on any atom is 0.307 e. The molecule has 0 amide bonds. The lowest BCUT2D eigenvalue weighted by Crippen LogP contribution is -1.99. The normalized spacial score (nSPS) is 25.0. The van der Waals surface area contributed by atoms with Crippen LogP contribution < -0.4 is 0 Å². The highest BCUT2D eigenvalue weighted by atomic mass is 16.4. The first-order valence-electron chi connectivity index (χ1n) is 5.14. The Morgan fingerprint density at radius 3 is 2.53 bits per heavy atom. The number of hydrogen-bond donors (Lipinski definition) is 1. The Morgan fingerprint density at radius 1 is 1.33 bits per heavy atom. The molecule has 1 saturated carbocycles. The summed E-state index contributed by atoms with van der Waals surface area (Å²) in [4.78, 5) is 10.7. The van der Waals surface area contributed by atoms with Crippen molar-refractivity contribution in [2.24, 2.45) is 11.8 Å². The van der Waals surface area contributed by atoms with Gasteiger partial charge < -0.3 is 5.11 Å². The molecule has 0 aliphatic heterocycles. The molecule has 1 fully saturated rings. The largest absolute Gasteiger partial charge is 0.481 e. The average Bonchev–Trinajstić information content (AvgIpc) is 2.98. The summed E-state index contributed by atoms with van der Waals surface area (Å²) in [6.07, 6.45) is 2.87. The van der Waals surface area contributed by atoms with Crippen molar-refractivity contribution >= 4 is 12.0 Å². The molecule has 2 heteroatoms. The average molecular weight is 202 g/mol. The highest BCUT2D eigenvalue weighted by Crippen LogP contribution is 2.44. The van der Waals surface area contributed by atoms with Crippen molar-refractivity contribution in [3.8, 4) is 0 Å². The summed E-state index contributed by atoms with van der Waals surface area (Å²) in [5.41, 5.74) is 2.32. The SMILES string of the molecule is C/C(=C/c1ccccc1)[C@@H]1C[C@H]1C(=O)O. The van der Waals surface area contributed by atoms with Crippen molar-refractivity contribution < 1.29 is 9.90 Å². The summed E-state index contributed by atoms with van der Waals surface area (Å²) in [6, 6.07) is 10.0. The van der Waals surface area contributed by atoms with Gasteiger partial charge in [0.1, 0.15) is 0 Å². The van der Waals surface area contributed by atoms with Crippen LogP contribution in [0.1, 0.15) is 18.9 Å². The monoisotopic (exact) mass is 202 g/mol. The van der Waals surface area contributed by atoms with Gasteiger partial charge >= 0.3 is 5.97 Å². The maximum atomic E-state index is 10.7. The number of hydrogen-bond acceptors (Lipinski definition) is 1. The molecular weight excluding hydrogens is 188 g/mol. The van der Waals surface area contributed by atoms with Crippen LogP contribution in [0.25, 0.3) is 6.08 Å². The van der Waals surface area contributed by atoms with Gasteiger partial charge in [0.15, 0.2) is 0 Å². The molecule has 0 radical (unpaired) electrons. The lowest BCUT2D eigenvalue weighted by molar-refractivity contribution is -0.138. The van der Waals surface area contributed by atoms with Crippen molar-refractivity contribution in [2.75, 3.05) is 0 Å². The molecule has 2 nitrogen and oxygen atoms in total. The zero-order chi connectivity index (χ0) is 10.8. The highest BCUT2D eigenvalue weighted by molar-refractivity contribution is 5.75. The standard InChI is InChI=1S/C13H14O2/c1-9(11-8-12(11)13(14)15)7-10-5-3-2-4-6-10/h2-7,11-12H,8H2,1H3,(H,14,15)/b9-7-/t11-,12+/m0/s1. The van der Waals surface area contributed by atoms with Crippen LogP contribution >= 0.6 is 0 Å². The molecule has 1 aliphatic rings. The molecule has 78 valence electrons. The fourth-order valence-electron chi connectivity index (χ4n) is 1.89. The van der Waals surface area contributed by atoms with Gasteiger partial charge in [0.05, 0.1) is 5.92 Å². The molecule has 1 N–H and O–H groups in total. The van der Waals surface area contributed by atoms with Gasteiger partial charge in [-0.15, -0.1) is 0 Å². The summed E-state index contributed by atoms with van der Waals surface area (Å²) < 4.78 is 0. The zero-order valence-corrected chi connectivity index (χ0v) is 8.68. The molecule has 2 atom stereocenters. The number of allylic oxidation sites excluding steroid dienone is 1. The zero-order valence-electron chi connectivity index (χ0n) is 8.68. The van der Waals surface area contributed by atoms with E-state index in [0.29, 0.717) is 0 Å². The number of rotatable bonds is 3. The second kappa shape index (κ2) is 3.89. The lowest BCUT2D eigenvalue weighted by Gasteiger charge is -1.98. The summed E-state index contributed by atoms with van der Waals surface area (Å²) in [5.74, 6) is -0.562. The van der Waals surface area contributed by atoms with E-state index in [4.69, 9.17) is 5.11 Å². The van der Waals surface area contributed by atoms with E-state index in [1.807, 2.05) is 37.3 Å². The van der Waals surface area contributed by atoms with Gasteiger partial charge in [-0.3, -0.25) is 4.79 Å². The molecule has 0 heterocycles. The van der Waals surface area contributed by atoms with Crippen molar-refractivity contribution in [3.63, 3.8) is 0 Å². The van der Waals surface area contributed by atoms with E-state index < -0.39 is 5.97 Å². The van der Waals surface area contributed by atoms with Gasteiger partial charge in [-0.2, -0.15) is 0 Å². The van der Waals surface area contributed by atoms with Crippen LogP contribution in [0, 0.1) is 11.8 Å². The molecule has 0 saturated heterocycles. The quantitative estimate of drug-likeness (QED) is 0.818. The number of carboxylic acid groups (broad SMARTS) is 1. The molecule has 1 aliphatic carbocycles. The topological polar surface area (TPSA) is 37.3 Å². The van der Waals surface area contributed by atoms with Crippen LogP contribution in [0.5, 0.6) is 0 Å². The van der Waals surface area contributed by atoms with Crippen molar-refractivity contribution in [1.29, 1.82) is 0 Å². The number of carboxylic acids is 1. The Hall–Kier alpha value is -1.57. The van der Waals surface area contributed by atoms with Gasteiger partial charge in [-0.25, -0.2) is 0 Å². The first-order valence-corrected chi connectivity index (χ1v) is 5.14. The van der Waals surface area contributed by atoms with E-state index >= 15 is 0 Å². The smallest absolute Gasteiger partial charge is 0.307 e. The molecule has 1 aromatic carbocycles. The van der Waals surface area contributed by atoms with E-state index in [2.05, 4.69) is 6.08 Å². The van der Waals surface area contributed by atoms with Crippen LogP contribution in [0.3, 0.4) is 0 Å². The predicted octanol–water partition coefficient (Wildman–Crippen LogP) is 2.81. The molecule has 0 unspecified atom stereocenters. The molecular formula is C13H14O2. The number of aliphatic carboxylic acids is 1. The van der Waals surface area contributed by atoms with Gasteiger partial charge in [-0.1, -0.05) is 42.0 Å². The van der Waals surface area contributed by atoms with E-state index in [-0.39, 0.29) is 11.8 Å². The fourth-order valence-corrected chi connectivity index (χ4v) is 1.89. The summed E-state index contributed by atoms with van der Waals surface area (Å²) in [5, 5.41) is 8.81. The minimum atomic E-state index is -0.666. The van der Waals surface area contributed by atoms with Crippen LogP contribution in [-0.2, 0) is 4.79 Å². The third-order valence-corrected chi connectivity index (χ3v) is 2.89. The Bertz CT molecular complexity index is 392. The predicted molar refractivity (Wildman–Crippen MR) is 59.3 cm³/mol. The molecule has 15 heavy (non-hydrogen) atoms. The number of benzene rings is 1. The van der Waals surface area contributed by atoms with Crippen molar-refractivity contribution in [1.82, 2.24) is 0 Å². The molecule has 2 rings (SSSR count). The van der Waals surface area contributed by atoms with Gasteiger partial charge in [-0.05, 0) is 24.8 Å². The summed E-state index contributed by atoms with van der Waals surface area (Å²) in [7, 11) is 0. The van der Waals surface area contributed by atoms with E-state index in [0.717, 1.165) is 12.0 Å². The second-order valence-electron chi connectivity index (χ2n) is 4.09. The Labute approximate surface area is 89.2 Å². The van der Waals surface area contributed by atoms with E-state index in [1.54, 1.807) is 0 Å². The van der Waals surface area contributed by atoms with E-state index in [9.17, 15) is 4.79 Å². The lowest BCUT2D eigenvalue weighted by atomic mass is 10.1. The van der Waals surface area contributed by atoms with Gasteiger partial charge in [0.2, 0.25) is 0 Å². The molecule has 0 spiro atoms. The van der Waals surface area contributed by atoms with Crippen LogP contribution in [-0.4, -0.2) is 11.1 Å². The van der Waals surface area contributed by atoms with Gasteiger partial charge in [0, 0.05) is 0 Å². The Morgan fingerprint density at radius 2 is 2.00 bits per heavy atom. The van der Waals surface area contributed by atoms with Gasteiger partial charge in [0.25, 0.3) is 0 Å². The first-order chi connectivity index (χ1) is 7.18. The third-order valence-electron chi connectivity index (χ3n) is 2.89. The highest BCUT2D eigenvalue weighted by Gasteiger charge is 2.43. The van der Waals surface area contributed by atoms with Crippen molar-refractivity contribution in [2.45, 2.75) is 13.3 Å².